The van der Waals surface area contributed by atoms with Crippen molar-refractivity contribution in [3.63, 3.8) is 0 Å². The number of carbonyl (C=O) groups excluding carboxylic acids is 2. The third-order valence-electron chi connectivity index (χ3n) is 5.77. The van der Waals surface area contributed by atoms with Gasteiger partial charge in [0.05, 0.1) is 12.3 Å². The van der Waals surface area contributed by atoms with E-state index in [1.807, 2.05) is 18.2 Å². The summed E-state index contributed by atoms with van der Waals surface area (Å²) in [4.78, 5) is 27.2. The van der Waals surface area contributed by atoms with Gasteiger partial charge in [0, 0.05) is 19.0 Å². The fraction of sp³-hybridized carbons (Fsp3) is 0.478. The number of hydrogen-bond acceptors (Lipinski definition) is 5. The van der Waals surface area contributed by atoms with Crippen molar-refractivity contribution in [2.24, 2.45) is 11.8 Å². The number of nitrogens with zero attached hydrogens (tertiary/aromatic N) is 1. The van der Waals surface area contributed by atoms with E-state index in [0.717, 1.165) is 17.1 Å². The van der Waals surface area contributed by atoms with Crippen molar-refractivity contribution in [1.29, 1.82) is 0 Å². The highest BCUT2D eigenvalue weighted by Crippen LogP contribution is 2.34. The predicted octanol–water partition coefficient (Wildman–Crippen LogP) is 3.42. The second-order valence-electron chi connectivity index (χ2n) is 8.18. The standard InChI is InChI=1S/C23H28N2O5/c1-15(2)21(17-5-6-18-20(14-17)30-13-12-29-18)24-22(26)16-7-9-25(10-8-16)23(27)19-4-3-11-28-19/h3-6,11,14-16,21H,7-10,12-13H2,1-2H3,(H,24,26). The molecule has 3 heterocycles. The molecule has 1 saturated heterocycles. The predicted molar refractivity (Wildman–Crippen MR) is 110 cm³/mol. The van der Waals surface area contributed by atoms with E-state index in [2.05, 4.69) is 19.2 Å². The van der Waals surface area contributed by atoms with Crippen LogP contribution in [0.15, 0.2) is 41.0 Å². The molecule has 0 aliphatic carbocycles. The van der Waals surface area contributed by atoms with Crippen LogP contribution in [0.3, 0.4) is 0 Å². The summed E-state index contributed by atoms with van der Waals surface area (Å²) in [7, 11) is 0. The van der Waals surface area contributed by atoms with Crippen molar-refractivity contribution in [1.82, 2.24) is 10.2 Å². The maximum atomic E-state index is 13.0. The van der Waals surface area contributed by atoms with Gasteiger partial charge >= 0.3 is 0 Å². The van der Waals surface area contributed by atoms with Crippen molar-refractivity contribution in [3.05, 3.63) is 47.9 Å². The average molecular weight is 412 g/mol. The van der Waals surface area contributed by atoms with Crippen LogP contribution in [-0.4, -0.2) is 43.0 Å². The van der Waals surface area contributed by atoms with Crippen molar-refractivity contribution in [2.75, 3.05) is 26.3 Å². The Kier molecular flexibility index (Phi) is 5.97. The van der Waals surface area contributed by atoms with Crippen molar-refractivity contribution < 1.29 is 23.5 Å². The fourth-order valence-electron chi connectivity index (χ4n) is 4.06. The molecule has 1 unspecified atom stereocenters. The lowest BCUT2D eigenvalue weighted by molar-refractivity contribution is -0.127. The second-order valence-corrected chi connectivity index (χ2v) is 8.18. The topological polar surface area (TPSA) is 81.0 Å². The van der Waals surface area contributed by atoms with Crippen LogP contribution in [0.1, 0.15) is 48.8 Å². The summed E-state index contributed by atoms with van der Waals surface area (Å²) in [5.74, 6) is 1.84. The molecule has 4 rings (SSSR count). The van der Waals surface area contributed by atoms with Crippen molar-refractivity contribution in [3.8, 4) is 11.5 Å². The molecule has 7 nitrogen and oxygen atoms in total. The average Bonchev–Trinajstić information content (AvgIpc) is 3.31. The highest BCUT2D eigenvalue weighted by atomic mass is 16.6. The minimum Gasteiger partial charge on any atom is -0.486 e. The zero-order valence-corrected chi connectivity index (χ0v) is 17.4. The van der Waals surface area contributed by atoms with Gasteiger partial charge in [0.15, 0.2) is 17.3 Å². The number of likely N-dealkylation sites (tertiary alicyclic amines) is 1. The largest absolute Gasteiger partial charge is 0.486 e. The van der Waals surface area contributed by atoms with Gasteiger partial charge in [0.25, 0.3) is 5.91 Å². The first-order valence-electron chi connectivity index (χ1n) is 10.6. The minimum absolute atomic E-state index is 0.0358. The van der Waals surface area contributed by atoms with Gasteiger partial charge in [-0.25, -0.2) is 0 Å². The Morgan fingerprint density at radius 2 is 1.80 bits per heavy atom. The molecule has 1 aromatic carbocycles. The van der Waals surface area contributed by atoms with E-state index in [0.29, 0.717) is 44.9 Å². The van der Waals surface area contributed by atoms with Crippen LogP contribution in [0.4, 0.5) is 0 Å². The molecule has 2 aliphatic heterocycles. The molecule has 0 saturated carbocycles. The van der Waals surface area contributed by atoms with Gasteiger partial charge in [-0.3, -0.25) is 9.59 Å². The summed E-state index contributed by atoms with van der Waals surface area (Å²) in [6, 6.07) is 9.12. The number of furan rings is 1. The quantitative estimate of drug-likeness (QED) is 0.814. The first-order chi connectivity index (χ1) is 14.5. The second kappa shape index (κ2) is 8.81. The lowest BCUT2D eigenvalue weighted by atomic mass is 9.92. The molecule has 1 N–H and O–H groups in total. The van der Waals surface area contributed by atoms with E-state index >= 15 is 0 Å². The smallest absolute Gasteiger partial charge is 0.289 e. The molecular formula is C23H28N2O5. The molecule has 7 heteroatoms. The normalized spacial score (nSPS) is 17.6. The number of carbonyl (C=O) groups is 2. The summed E-state index contributed by atoms with van der Waals surface area (Å²) in [5, 5.41) is 3.22. The first-order valence-corrected chi connectivity index (χ1v) is 10.6. The molecule has 1 fully saturated rings. The molecule has 2 aliphatic rings. The van der Waals surface area contributed by atoms with E-state index in [1.54, 1.807) is 17.0 Å². The van der Waals surface area contributed by atoms with Crippen LogP contribution in [0.25, 0.3) is 0 Å². The van der Waals surface area contributed by atoms with E-state index in [9.17, 15) is 9.59 Å². The molecule has 0 radical (unpaired) electrons. The highest BCUT2D eigenvalue weighted by Gasteiger charge is 2.31. The van der Waals surface area contributed by atoms with Gasteiger partial charge < -0.3 is 24.1 Å². The zero-order valence-electron chi connectivity index (χ0n) is 17.4. The maximum absolute atomic E-state index is 13.0. The molecule has 30 heavy (non-hydrogen) atoms. The minimum atomic E-state index is -0.116. The Balaban J connectivity index is 1.38. The van der Waals surface area contributed by atoms with Gasteiger partial charge in [-0.1, -0.05) is 19.9 Å². The van der Waals surface area contributed by atoms with Crippen LogP contribution in [0.2, 0.25) is 0 Å². The summed E-state index contributed by atoms with van der Waals surface area (Å²) < 4.78 is 16.5. The Hall–Kier alpha value is -2.96. The number of nitrogens with one attached hydrogen (secondary N) is 1. The first kappa shape index (κ1) is 20.3. The lowest BCUT2D eigenvalue weighted by Gasteiger charge is -2.32. The summed E-state index contributed by atoms with van der Waals surface area (Å²) in [5.41, 5.74) is 1.01. The zero-order chi connectivity index (χ0) is 21.1. The monoisotopic (exact) mass is 412 g/mol. The van der Waals surface area contributed by atoms with E-state index in [1.165, 1.54) is 6.26 Å². The number of ether oxygens (including phenoxy) is 2. The number of fused-ring (bicyclic) bond motifs is 1. The molecular weight excluding hydrogens is 384 g/mol. The Morgan fingerprint density at radius 1 is 1.07 bits per heavy atom. The van der Waals surface area contributed by atoms with Crippen molar-refractivity contribution >= 4 is 11.8 Å². The number of benzene rings is 1. The van der Waals surface area contributed by atoms with Gasteiger partial charge in [-0.2, -0.15) is 0 Å². The van der Waals surface area contributed by atoms with E-state index in [-0.39, 0.29) is 29.7 Å². The molecule has 0 bridgehead atoms. The summed E-state index contributed by atoms with van der Waals surface area (Å²) >= 11 is 0. The number of rotatable bonds is 5. The van der Waals surface area contributed by atoms with Crippen LogP contribution >= 0.6 is 0 Å². The number of hydrogen-bond donors (Lipinski definition) is 1. The maximum Gasteiger partial charge on any atom is 0.289 e. The van der Waals surface area contributed by atoms with Crippen LogP contribution in [0.5, 0.6) is 11.5 Å². The van der Waals surface area contributed by atoms with Gasteiger partial charge in [0.1, 0.15) is 13.2 Å². The highest BCUT2D eigenvalue weighted by molar-refractivity contribution is 5.91. The molecule has 2 amide bonds. The molecule has 1 atom stereocenters. The third kappa shape index (κ3) is 4.30. The number of piperidine rings is 1. The molecule has 160 valence electrons. The third-order valence-corrected chi connectivity index (χ3v) is 5.77. The van der Waals surface area contributed by atoms with Crippen LogP contribution < -0.4 is 14.8 Å². The fourth-order valence-corrected chi connectivity index (χ4v) is 4.06. The molecule has 1 aromatic heterocycles. The Bertz CT molecular complexity index is 885. The molecule has 2 aromatic rings. The number of amides is 2. The molecule has 0 spiro atoms. The summed E-state index contributed by atoms with van der Waals surface area (Å²) in [6.07, 6.45) is 2.78. The summed E-state index contributed by atoms with van der Waals surface area (Å²) in [6.45, 7) is 6.36. The lowest BCUT2D eigenvalue weighted by Crippen LogP contribution is -2.44. The van der Waals surface area contributed by atoms with Gasteiger partial charge in [0.2, 0.25) is 5.91 Å². The van der Waals surface area contributed by atoms with Crippen molar-refractivity contribution in [2.45, 2.75) is 32.7 Å². The van der Waals surface area contributed by atoms with Crippen LogP contribution in [0, 0.1) is 11.8 Å². The Morgan fingerprint density at radius 3 is 2.47 bits per heavy atom. The van der Waals surface area contributed by atoms with Gasteiger partial charge in [-0.05, 0) is 48.6 Å². The van der Waals surface area contributed by atoms with Gasteiger partial charge in [-0.15, -0.1) is 0 Å². The van der Waals surface area contributed by atoms with Crippen LogP contribution in [-0.2, 0) is 4.79 Å². The van der Waals surface area contributed by atoms with E-state index < -0.39 is 0 Å². The van der Waals surface area contributed by atoms with E-state index in [4.69, 9.17) is 13.9 Å². The SMILES string of the molecule is CC(C)C(NC(=O)C1CCN(C(=O)c2ccco2)CC1)c1ccc2c(c1)OCCO2. The Labute approximate surface area is 176 Å².